The summed E-state index contributed by atoms with van der Waals surface area (Å²) >= 11 is 12.0. The molecule has 0 fully saturated rings. The molecule has 0 aliphatic rings. The summed E-state index contributed by atoms with van der Waals surface area (Å²) in [5.74, 6) is 0.00229. The van der Waals surface area contributed by atoms with Crippen molar-refractivity contribution in [2.75, 3.05) is 6.61 Å². The second-order valence-electron chi connectivity index (χ2n) is 5.31. The monoisotopic (exact) mass is 365 g/mol. The maximum Gasteiger partial charge on any atom is 0.217 e. The SMILES string of the molecule is CC(=O)N[C@H](C)c1ccc(C(=O)COc2c(Cl)cccc2Cl)cc1. The zero-order valence-electron chi connectivity index (χ0n) is 13.3. The molecule has 0 unspecified atom stereocenters. The first-order chi connectivity index (χ1) is 11.4. The number of halogens is 2. The van der Waals surface area contributed by atoms with Crippen LogP contribution in [0.1, 0.15) is 35.8 Å². The van der Waals surface area contributed by atoms with Crippen LogP contribution in [0.3, 0.4) is 0 Å². The van der Waals surface area contributed by atoms with Gasteiger partial charge in [-0.25, -0.2) is 0 Å². The Morgan fingerprint density at radius 2 is 1.67 bits per heavy atom. The number of nitrogens with one attached hydrogen (secondary N) is 1. The molecule has 2 aromatic carbocycles. The molecule has 1 amide bonds. The molecule has 0 spiro atoms. The Hall–Kier alpha value is -2.04. The van der Waals surface area contributed by atoms with Crippen molar-refractivity contribution >= 4 is 34.9 Å². The molecule has 0 heterocycles. The van der Waals surface area contributed by atoms with E-state index in [2.05, 4.69) is 5.32 Å². The van der Waals surface area contributed by atoms with Crippen molar-refractivity contribution in [3.05, 3.63) is 63.6 Å². The molecule has 24 heavy (non-hydrogen) atoms. The Morgan fingerprint density at radius 1 is 1.08 bits per heavy atom. The standard InChI is InChI=1S/C18H17Cl2NO3/c1-11(21-12(2)22)13-6-8-14(9-7-13)17(23)10-24-18-15(19)4-3-5-16(18)20/h3-9,11H,10H2,1-2H3,(H,21,22)/t11-/m1/s1. The molecule has 0 aliphatic carbocycles. The van der Waals surface area contributed by atoms with Gasteiger partial charge in [0.25, 0.3) is 0 Å². The summed E-state index contributed by atoms with van der Waals surface area (Å²) in [5.41, 5.74) is 1.42. The number of rotatable bonds is 6. The van der Waals surface area contributed by atoms with Crippen LogP contribution in [0.25, 0.3) is 0 Å². The van der Waals surface area contributed by atoms with E-state index < -0.39 is 0 Å². The molecule has 6 heteroatoms. The van der Waals surface area contributed by atoms with E-state index in [4.69, 9.17) is 27.9 Å². The number of ketones is 1. The summed E-state index contributed by atoms with van der Waals surface area (Å²) in [6.07, 6.45) is 0. The molecule has 0 bridgehead atoms. The number of carbonyl (C=O) groups is 2. The van der Waals surface area contributed by atoms with Crippen LogP contribution < -0.4 is 10.1 Å². The predicted molar refractivity (Wildman–Crippen MR) is 95.0 cm³/mol. The molecule has 1 atom stereocenters. The van der Waals surface area contributed by atoms with Gasteiger partial charge in [0.2, 0.25) is 5.91 Å². The highest BCUT2D eigenvalue weighted by atomic mass is 35.5. The smallest absolute Gasteiger partial charge is 0.217 e. The summed E-state index contributed by atoms with van der Waals surface area (Å²) in [4.78, 5) is 23.3. The van der Waals surface area contributed by atoms with Gasteiger partial charge in [0.1, 0.15) is 0 Å². The third-order valence-electron chi connectivity index (χ3n) is 3.42. The minimum atomic E-state index is -0.190. The third-order valence-corrected chi connectivity index (χ3v) is 4.01. The summed E-state index contributed by atoms with van der Waals surface area (Å²) in [6.45, 7) is 3.18. The summed E-state index contributed by atoms with van der Waals surface area (Å²) in [7, 11) is 0. The van der Waals surface area contributed by atoms with Crippen molar-refractivity contribution in [1.29, 1.82) is 0 Å². The quantitative estimate of drug-likeness (QED) is 0.769. The van der Waals surface area contributed by atoms with Crippen molar-refractivity contribution in [2.45, 2.75) is 19.9 Å². The van der Waals surface area contributed by atoms with Gasteiger partial charge in [-0.15, -0.1) is 0 Å². The molecule has 0 aliphatic heterocycles. The van der Waals surface area contributed by atoms with Crippen LogP contribution in [0.4, 0.5) is 0 Å². The van der Waals surface area contributed by atoms with E-state index in [0.29, 0.717) is 21.4 Å². The number of carbonyl (C=O) groups excluding carboxylic acids is 2. The predicted octanol–water partition coefficient (Wildman–Crippen LogP) is 4.45. The van der Waals surface area contributed by atoms with Gasteiger partial charge < -0.3 is 10.1 Å². The molecule has 0 saturated heterocycles. The topological polar surface area (TPSA) is 55.4 Å². The zero-order chi connectivity index (χ0) is 17.7. The highest BCUT2D eigenvalue weighted by Crippen LogP contribution is 2.32. The Bertz CT molecular complexity index is 724. The van der Waals surface area contributed by atoms with Crippen molar-refractivity contribution in [1.82, 2.24) is 5.32 Å². The van der Waals surface area contributed by atoms with Gasteiger partial charge in [-0.3, -0.25) is 9.59 Å². The number of ether oxygens (including phenoxy) is 1. The van der Waals surface area contributed by atoms with E-state index in [1.807, 2.05) is 6.92 Å². The molecular weight excluding hydrogens is 349 g/mol. The Morgan fingerprint density at radius 3 is 2.21 bits per heavy atom. The molecule has 2 rings (SSSR count). The molecule has 4 nitrogen and oxygen atoms in total. The van der Waals surface area contributed by atoms with Crippen LogP contribution in [0.5, 0.6) is 5.75 Å². The van der Waals surface area contributed by atoms with E-state index >= 15 is 0 Å². The van der Waals surface area contributed by atoms with Gasteiger partial charge in [-0.1, -0.05) is 53.5 Å². The zero-order valence-corrected chi connectivity index (χ0v) is 14.8. The van der Waals surface area contributed by atoms with Crippen LogP contribution in [0, 0.1) is 0 Å². The Balaban J connectivity index is 2.01. The van der Waals surface area contributed by atoms with Gasteiger partial charge in [-0.2, -0.15) is 0 Å². The minimum absolute atomic E-state index is 0.104. The average Bonchev–Trinajstić information content (AvgIpc) is 2.53. The molecular formula is C18H17Cl2NO3. The van der Waals surface area contributed by atoms with Gasteiger partial charge in [0.15, 0.2) is 18.1 Å². The summed E-state index contributed by atoms with van der Waals surface area (Å²) in [5, 5.41) is 3.50. The van der Waals surface area contributed by atoms with Gasteiger partial charge in [0, 0.05) is 12.5 Å². The van der Waals surface area contributed by atoms with Crippen molar-refractivity contribution in [3.63, 3.8) is 0 Å². The van der Waals surface area contributed by atoms with Crippen LogP contribution >= 0.6 is 23.2 Å². The number of benzene rings is 2. The van der Waals surface area contributed by atoms with Gasteiger partial charge in [0.05, 0.1) is 16.1 Å². The van der Waals surface area contributed by atoms with E-state index in [-0.39, 0.29) is 24.3 Å². The highest BCUT2D eigenvalue weighted by molar-refractivity contribution is 6.37. The number of para-hydroxylation sites is 1. The molecule has 0 aromatic heterocycles. The lowest BCUT2D eigenvalue weighted by Gasteiger charge is -2.13. The fourth-order valence-corrected chi connectivity index (χ4v) is 2.69. The second-order valence-corrected chi connectivity index (χ2v) is 6.12. The Labute approximate surface area is 150 Å². The van der Waals surface area contributed by atoms with Crippen LogP contribution in [0.15, 0.2) is 42.5 Å². The maximum atomic E-state index is 12.2. The number of hydrogen-bond acceptors (Lipinski definition) is 3. The molecule has 1 N–H and O–H groups in total. The molecule has 0 radical (unpaired) electrons. The third kappa shape index (κ3) is 4.73. The van der Waals surface area contributed by atoms with E-state index in [1.54, 1.807) is 42.5 Å². The van der Waals surface area contributed by atoms with Crippen LogP contribution in [-0.2, 0) is 4.79 Å². The van der Waals surface area contributed by atoms with Crippen molar-refractivity contribution in [3.8, 4) is 5.75 Å². The van der Waals surface area contributed by atoms with E-state index in [1.165, 1.54) is 6.92 Å². The van der Waals surface area contributed by atoms with E-state index in [0.717, 1.165) is 5.56 Å². The van der Waals surface area contributed by atoms with Crippen LogP contribution in [0.2, 0.25) is 10.0 Å². The Kier molecular flexibility index (Phi) is 6.23. The number of hydrogen-bond donors (Lipinski definition) is 1. The van der Waals surface area contributed by atoms with E-state index in [9.17, 15) is 9.59 Å². The van der Waals surface area contributed by atoms with Crippen LogP contribution in [-0.4, -0.2) is 18.3 Å². The lowest BCUT2D eigenvalue weighted by molar-refractivity contribution is -0.119. The normalized spacial score (nSPS) is 11.7. The lowest BCUT2D eigenvalue weighted by Crippen LogP contribution is -2.23. The number of Topliss-reactive ketones (excluding diaryl/α,β-unsaturated/α-hetero) is 1. The molecule has 2 aromatic rings. The molecule has 126 valence electrons. The largest absolute Gasteiger partial charge is 0.482 e. The fourth-order valence-electron chi connectivity index (χ4n) is 2.19. The minimum Gasteiger partial charge on any atom is -0.482 e. The highest BCUT2D eigenvalue weighted by Gasteiger charge is 2.12. The second kappa shape index (κ2) is 8.18. The van der Waals surface area contributed by atoms with Gasteiger partial charge in [-0.05, 0) is 24.6 Å². The molecule has 0 saturated carbocycles. The number of amides is 1. The summed E-state index contributed by atoms with van der Waals surface area (Å²) in [6, 6.07) is 11.9. The lowest BCUT2D eigenvalue weighted by atomic mass is 10.0. The first kappa shape index (κ1) is 18.3. The summed E-state index contributed by atoms with van der Waals surface area (Å²) < 4.78 is 5.44. The first-order valence-electron chi connectivity index (χ1n) is 7.35. The first-order valence-corrected chi connectivity index (χ1v) is 8.11. The van der Waals surface area contributed by atoms with Crippen molar-refractivity contribution < 1.29 is 14.3 Å². The maximum absolute atomic E-state index is 12.2. The van der Waals surface area contributed by atoms with Gasteiger partial charge >= 0.3 is 0 Å². The average molecular weight is 366 g/mol. The van der Waals surface area contributed by atoms with Crippen molar-refractivity contribution in [2.24, 2.45) is 0 Å². The fraction of sp³-hybridized carbons (Fsp3) is 0.222.